The van der Waals surface area contributed by atoms with Gasteiger partial charge in [0.1, 0.15) is 11.5 Å². The van der Waals surface area contributed by atoms with Crippen LogP contribution in [-0.4, -0.2) is 60.4 Å². The second-order valence-electron chi connectivity index (χ2n) is 8.74. The second kappa shape index (κ2) is 11.1. The molecule has 1 N–H and O–H groups in total. The number of carbonyl (C=O) groups excluding carboxylic acids is 2. The standard InChI is InChI=1S/C27H34N2O4/c1-5-6-17-33-21-13-14-22(19(2)18-21)25(30)23-24(20-11-8-7-9-12-20)29(27(32)26(23)31)16-10-15-28(3)4/h7-9,11-14,18,24,30H,5-6,10,15-17H2,1-4H3/t24-/m1/s1. The summed E-state index contributed by atoms with van der Waals surface area (Å²) < 4.78 is 5.77. The van der Waals surface area contributed by atoms with Crippen molar-refractivity contribution in [3.8, 4) is 5.75 Å². The molecule has 6 nitrogen and oxygen atoms in total. The highest BCUT2D eigenvalue weighted by molar-refractivity contribution is 6.46. The Labute approximate surface area is 196 Å². The van der Waals surface area contributed by atoms with E-state index in [0.717, 1.165) is 42.7 Å². The molecule has 1 heterocycles. The van der Waals surface area contributed by atoms with Crippen LogP contribution in [0.1, 0.15) is 48.9 Å². The number of aliphatic hydroxyl groups is 1. The van der Waals surface area contributed by atoms with Crippen molar-refractivity contribution in [1.82, 2.24) is 9.80 Å². The molecular formula is C27H34N2O4. The van der Waals surface area contributed by atoms with Crippen LogP contribution in [0.15, 0.2) is 54.1 Å². The number of rotatable bonds is 10. The van der Waals surface area contributed by atoms with Gasteiger partial charge in [0, 0.05) is 12.1 Å². The molecule has 0 spiro atoms. The Morgan fingerprint density at radius 2 is 1.82 bits per heavy atom. The van der Waals surface area contributed by atoms with E-state index in [1.165, 1.54) is 0 Å². The van der Waals surface area contributed by atoms with Crippen molar-refractivity contribution in [3.05, 3.63) is 70.8 Å². The Morgan fingerprint density at radius 1 is 1.09 bits per heavy atom. The van der Waals surface area contributed by atoms with Crippen molar-refractivity contribution < 1.29 is 19.4 Å². The predicted octanol–water partition coefficient (Wildman–Crippen LogP) is 4.55. The lowest BCUT2D eigenvalue weighted by Crippen LogP contribution is -2.32. The molecule has 6 heteroatoms. The van der Waals surface area contributed by atoms with Gasteiger partial charge in [-0.3, -0.25) is 9.59 Å². The predicted molar refractivity (Wildman–Crippen MR) is 130 cm³/mol. The lowest BCUT2D eigenvalue weighted by atomic mass is 9.94. The third-order valence-electron chi connectivity index (χ3n) is 5.88. The van der Waals surface area contributed by atoms with Crippen LogP contribution in [0.25, 0.3) is 5.76 Å². The minimum Gasteiger partial charge on any atom is -0.507 e. The van der Waals surface area contributed by atoms with Crippen LogP contribution >= 0.6 is 0 Å². The molecular weight excluding hydrogens is 416 g/mol. The van der Waals surface area contributed by atoms with E-state index in [1.807, 2.05) is 62.3 Å². The SMILES string of the molecule is CCCCOc1ccc(C(O)=C2C(=O)C(=O)N(CCCN(C)C)[C@@H]2c2ccccc2)c(C)c1. The number of aliphatic hydroxyl groups excluding tert-OH is 1. The molecule has 1 aliphatic rings. The second-order valence-corrected chi connectivity index (χ2v) is 8.74. The Morgan fingerprint density at radius 3 is 2.45 bits per heavy atom. The Kier molecular flexibility index (Phi) is 8.28. The maximum absolute atomic E-state index is 13.1. The summed E-state index contributed by atoms with van der Waals surface area (Å²) in [4.78, 5) is 29.7. The first-order chi connectivity index (χ1) is 15.8. The topological polar surface area (TPSA) is 70.1 Å². The van der Waals surface area contributed by atoms with Gasteiger partial charge in [-0.2, -0.15) is 0 Å². The van der Waals surface area contributed by atoms with Crippen LogP contribution in [0.3, 0.4) is 0 Å². The molecule has 1 saturated heterocycles. The molecule has 0 aliphatic carbocycles. The number of aryl methyl sites for hydroxylation is 1. The van der Waals surface area contributed by atoms with E-state index in [1.54, 1.807) is 17.0 Å². The number of hydrogen-bond donors (Lipinski definition) is 1. The van der Waals surface area contributed by atoms with Crippen LogP contribution in [0.2, 0.25) is 0 Å². The summed E-state index contributed by atoms with van der Waals surface area (Å²) in [5, 5.41) is 11.3. The van der Waals surface area contributed by atoms with Gasteiger partial charge in [-0.15, -0.1) is 0 Å². The normalized spacial score (nSPS) is 17.7. The monoisotopic (exact) mass is 450 g/mol. The zero-order valence-electron chi connectivity index (χ0n) is 20.0. The lowest BCUT2D eigenvalue weighted by Gasteiger charge is -2.26. The molecule has 3 rings (SSSR count). The number of carbonyl (C=O) groups is 2. The molecule has 1 aliphatic heterocycles. The molecule has 1 fully saturated rings. The van der Waals surface area contributed by atoms with Crippen LogP contribution in [0, 0.1) is 6.92 Å². The molecule has 0 bridgehead atoms. The van der Waals surface area contributed by atoms with E-state index in [4.69, 9.17) is 4.74 Å². The van der Waals surface area contributed by atoms with E-state index < -0.39 is 17.7 Å². The van der Waals surface area contributed by atoms with Gasteiger partial charge in [-0.25, -0.2) is 0 Å². The van der Waals surface area contributed by atoms with Crippen molar-refractivity contribution in [2.75, 3.05) is 33.8 Å². The summed E-state index contributed by atoms with van der Waals surface area (Å²) in [5.74, 6) is -0.633. The fourth-order valence-corrected chi connectivity index (χ4v) is 4.12. The fraction of sp³-hybridized carbons (Fsp3) is 0.407. The van der Waals surface area contributed by atoms with E-state index in [-0.39, 0.29) is 11.3 Å². The molecule has 2 aromatic rings. The summed E-state index contributed by atoms with van der Waals surface area (Å²) >= 11 is 0. The van der Waals surface area contributed by atoms with Gasteiger partial charge in [-0.1, -0.05) is 43.7 Å². The molecule has 0 saturated carbocycles. The van der Waals surface area contributed by atoms with Gasteiger partial charge >= 0.3 is 0 Å². The van der Waals surface area contributed by atoms with Crippen LogP contribution in [-0.2, 0) is 9.59 Å². The number of nitrogens with zero attached hydrogens (tertiary/aromatic N) is 2. The van der Waals surface area contributed by atoms with Crippen molar-refractivity contribution >= 4 is 17.4 Å². The molecule has 33 heavy (non-hydrogen) atoms. The highest BCUT2D eigenvalue weighted by atomic mass is 16.5. The summed E-state index contributed by atoms with van der Waals surface area (Å²) in [5.41, 5.74) is 2.26. The van der Waals surface area contributed by atoms with Crippen molar-refractivity contribution in [3.63, 3.8) is 0 Å². The number of amides is 1. The third-order valence-corrected chi connectivity index (χ3v) is 5.88. The zero-order chi connectivity index (χ0) is 24.0. The maximum Gasteiger partial charge on any atom is 0.295 e. The molecule has 1 atom stereocenters. The molecule has 0 unspecified atom stereocenters. The minimum absolute atomic E-state index is 0.138. The molecule has 1 amide bonds. The number of Topliss-reactive ketones (excluding diaryl/α,β-unsaturated/α-hetero) is 1. The number of likely N-dealkylation sites (tertiary alicyclic amines) is 1. The van der Waals surface area contributed by atoms with Crippen LogP contribution in [0.4, 0.5) is 0 Å². The van der Waals surface area contributed by atoms with Gasteiger partial charge < -0.3 is 19.6 Å². The molecule has 176 valence electrons. The zero-order valence-corrected chi connectivity index (χ0v) is 20.0. The van der Waals surface area contributed by atoms with E-state index in [2.05, 4.69) is 6.92 Å². The lowest BCUT2D eigenvalue weighted by molar-refractivity contribution is -0.139. The minimum atomic E-state index is -0.645. The number of unbranched alkanes of at least 4 members (excludes halogenated alkanes) is 1. The van der Waals surface area contributed by atoms with Crippen molar-refractivity contribution in [2.45, 2.75) is 39.2 Å². The summed E-state index contributed by atoms with van der Waals surface area (Å²) in [7, 11) is 3.95. The van der Waals surface area contributed by atoms with Gasteiger partial charge in [0.2, 0.25) is 0 Å². The summed E-state index contributed by atoms with van der Waals surface area (Å²) in [6.07, 6.45) is 2.74. The maximum atomic E-state index is 13.1. The first-order valence-corrected chi connectivity index (χ1v) is 11.6. The highest BCUT2D eigenvalue weighted by Gasteiger charge is 2.45. The Balaban J connectivity index is 2.00. The average Bonchev–Trinajstić information content (AvgIpc) is 3.04. The fourth-order valence-electron chi connectivity index (χ4n) is 4.12. The van der Waals surface area contributed by atoms with Crippen LogP contribution < -0.4 is 4.74 Å². The van der Waals surface area contributed by atoms with Crippen molar-refractivity contribution in [1.29, 1.82) is 0 Å². The Hall–Kier alpha value is -3.12. The van der Waals surface area contributed by atoms with E-state index >= 15 is 0 Å². The van der Waals surface area contributed by atoms with Crippen molar-refractivity contribution in [2.24, 2.45) is 0 Å². The number of hydrogen-bond acceptors (Lipinski definition) is 5. The van der Waals surface area contributed by atoms with Gasteiger partial charge in [-0.05, 0) is 69.7 Å². The van der Waals surface area contributed by atoms with E-state index in [0.29, 0.717) is 18.7 Å². The van der Waals surface area contributed by atoms with Gasteiger partial charge in [0.05, 0.1) is 18.2 Å². The first-order valence-electron chi connectivity index (χ1n) is 11.6. The van der Waals surface area contributed by atoms with E-state index in [9.17, 15) is 14.7 Å². The number of benzene rings is 2. The molecule has 0 aromatic heterocycles. The van der Waals surface area contributed by atoms with Gasteiger partial charge in [0.15, 0.2) is 0 Å². The molecule has 0 radical (unpaired) electrons. The number of ketones is 1. The average molecular weight is 451 g/mol. The Bertz CT molecular complexity index is 1010. The first kappa shape index (κ1) is 24.5. The number of ether oxygens (including phenoxy) is 1. The largest absolute Gasteiger partial charge is 0.507 e. The quantitative estimate of drug-likeness (QED) is 0.249. The smallest absolute Gasteiger partial charge is 0.295 e. The summed E-state index contributed by atoms with van der Waals surface area (Å²) in [6.45, 7) is 5.83. The van der Waals surface area contributed by atoms with Gasteiger partial charge in [0.25, 0.3) is 11.7 Å². The van der Waals surface area contributed by atoms with Crippen LogP contribution in [0.5, 0.6) is 5.75 Å². The molecule has 2 aromatic carbocycles. The summed E-state index contributed by atoms with van der Waals surface area (Å²) in [6, 6.07) is 14.2. The highest BCUT2D eigenvalue weighted by Crippen LogP contribution is 2.40. The third kappa shape index (κ3) is 5.63.